The number of hydrogen-bond donors (Lipinski definition) is 1. The Morgan fingerprint density at radius 1 is 1.33 bits per heavy atom. The fourth-order valence-electron chi connectivity index (χ4n) is 2.04. The highest BCUT2D eigenvalue weighted by molar-refractivity contribution is 4.88. The Labute approximate surface area is 76.7 Å². The van der Waals surface area contributed by atoms with E-state index in [0.717, 1.165) is 0 Å². The molecule has 0 aromatic rings. The third kappa shape index (κ3) is 2.48. The molecule has 0 saturated heterocycles. The second kappa shape index (κ2) is 3.37. The van der Waals surface area contributed by atoms with Crippen molar-refractivity contribution < 1.29 is 0 Å². The van der Waals surface area contributed by atoms with Crippen LogP contribution in [0.5, 0.6) is 0 Å². The summed E-state index contributed by atoms with van der Waals surface area (Å²) in [6.07, 6.45) is 8.20. The molecule has 0 aromatic heterocycles. The van der Waals surface area contributed by atoms with Crippen LogP contribution in [0.15, 0.2) is 0 Å². The third-order valence-electron chi connectivity index (χ3n) is 3.46. The summed E-state index contributed by atoms with van der Waals surface area (Å²) in [6, 6.07) is 0. The molecule has 1 heteroatoms. The van der Waals surface area contributed by atoms with Gasteiger partial charge in [0.25, 0.3) is 0 Å². The van der Waals surface area contributed by atoms with E-state index in [9.17, 15) is 0 Å². The minimum absolute atomic E-state index is 0.0394. The summed E-state index contributed by atoms with van der Waals surface area (Å²) < 4.78 is 0. The normalized spacial score (nSPS) is 22.0. The summed E-state index contributed by atoms with van der Waals surface area (Å²) in [6.45, 7) is 6.59. The Morgan fingerprint density at radius 3 is 2.17 bits per heavy atom. The van der Waals surface area contributed by atoms with Crippen molar-refractivity contribution in [3.63, 3.8) is 0 Å². The van der Waals surface area contributed by atoms with Crippen molar-refractivity contribution in [3.05, 3.63) is 0 Å². The van der Waals surface area contributed by atoms with Gasteiger partial charge in [0, 0.05) is 5.54 Å². The average Bonchev–Trinajstić information content (AvgIpc) is 1.84. The predicted octanol–water partition coefficient (Wildman–Crippen LogP) is 3.08. The lowest BCUT2D eigenvalue weighted by atomic mass is 9.63. The smallest absolute Gasteiger partial charge is 0.00972 e. The molecule has 1 aliphatic carbocycles. The van der Waals surface area contributed by atoms with E-state index in [-0.39, 0.29) is 5.54 Å². The van der Waals surface area contributed by atoms with Crippen molar-refractivity contribution in [2.24, 2.45) is 11.1 Å². The molecule has 12 heavy (non-hydrogen) atoms. The van der Waals surface area contributed by atoms with Gasteiger partial charge in [0.2, 0.25) is 0 Å². The molecule has 0 aromatic carbocycles. The topological polar surface area (TPSA) is 26.0 Å². The molecule has 0 spiro atoms. The Morgan fingerprint density at radius 2 is 1.92 bits per heavy atom. The van der Waals surface area contributed by atoms with Gasteiger partial charge in [0.1, 0.15) is 0 Å². The first kappa shape index (κ1) is 10.0. The van der Waals surface area contributed by atoms with E-state index < -0.39 is 0 Å². The fraction of sp³-hybridized carbons (Fsp3) is 1.00. The summed E-state index contributed by atoms with van der Waals surface area (Å²) in [7, 11) is 0. The zero-order chi connectivity index (χ0) is 9.24. The molecule has 0 unspecified atom stereocenters. The maximum atomic E-state index is 5.98. The van der Waals surface area contributed by atoms with Crippen molar-refractivity contribution in [1.82, 2.24) is 0 Å². The Kier molecular flexibility index (Phi) is 2.82. The van der Waals surface area contributed by atoms with E-state index in [1.54, 1.807) is 0 Å². The van der Waals surface area contributed by atoms with Crippen LogP contribution in [-0.4, -0.2) is 5.54 Å². The third-order valence-corrected chi connectivity index (χ3v) is 3.46. The SMILES string of the molecule is CCC1(CCC(C)(C)N)CCC1. The van der Waals surface area contributed by atoms with E-state index in [1.165, 1.54) is 38.5 Å². The Balaban J connectivity index is 2.30. The Bertz CT molecular complexity index is 134. The zero-order valence-corrected chi connectivity index (χ0v) is 8.82. The molecule has 0 atom stereocenters. The predicted molar refractivity (Wildman–Crippen MR) is 54.1 cm³/mol. The number of rotatable bonds is 4. The summed E-state index contributed by atoms with van der Waals surface area (Å²) in [4.78, 5) is 0. The van der Waals surface area contributed by atoms with Gasteiger partial charge in [-0.1, -0.05) is 19.8 Å². The van der Waals surface area contributed by atoms with Gasteiger partial charge in [0.05, 0.1) is 0 Å². The molecule has 0 amide bonds. The molecular weight excluding hydrogens is 146 g/mol. The van der Waals surface area contributed by atoms with Crippen molar-refractivity contribution in [1.29, 1.82) is 0 Å². The quantitative estimate of drug-likeness (QED) is 0.687. The van der Waals surface area contributed by atoms with E-state index >= 15 is 0 Å². The van der Waals surface area contributed by atoms with Crippen LogP contribution in [0.25, 0.3) is 0 Å². The van der Waals surface area contributed by atoms with Crippen molar-refractivity contribution in [2.75, 3.05) is 0 Å². The molecule has 0 aliphatic heterocycles. The minimum atomic E-state index is 0.0394. The summed E-state index contributed by atoms with van der Waals surface area (Å²) >= 11 is 0. The van der Waals surface area contributed by atoms with Crippen LogP contribution in [0, 0.1) is 5.41 Å². The lowest BCUT2D eigenvalue weighted by Gasteiger charge is -2.43. The van der Waals surface area contributed by atoms with E-state index in [2.05, 4.69) is 20.8 Å². The molecule has 1 rings (SSSR count). The first-order valence-corrected chi connectivity index (χ1v) is 5.26. The molecule has 72 valence electrons. The maximum Gasteiger partial charge on any atom is 0.00972 e. The number of hydrogen-bond acceptors (Lipinski definition) is 1. The van der Waals surface area contributed by atoms with Gasteiger partial charge in [0.15, 0.2) is 0 Å². The first-order chi connectivity index (χ1) is 5.47. The standard InChI is InChI=1S/C11H23N/c1-4-11(6-5-7-11)9-8-10(2,3)12/h4-9,12H2,1-3H3. The van der Waals surface area contributed by atoms with Crippen LogP contribution in [0.3, 0.4) is 0 Å². The molecule has 1 fully saturated rings. The van der Waals surface area contributed by atoms with Crippen LogP contribution >= 0.6 is 0 Å². The largest absolute Gasteiger partial charge is 0.326 e. The molecule has 0 heterocycles. The zero-order valence-electron chi connectivity index (χ0n) is 8.82. The summed E-state index contributed by atoms with van der Waals surface area (Å²) in [5.74, 6) is 0. The second-order valence-electron chi connectivity index (χ2n) is 5.20. The molecular formula is C11H23N. The fourth-order valence-corrected chi connectivity index (χ4v) is 2.04. The van der Waals surface area contributed by atoms with E-state index in [1.807, 2.05) is 0 Å². The second-order valence-corrected chi connectivity index (χ2v) is 5.20. The highest BCUT2D eigenvalue weighted by Crippen LogP contribution is 2.48. The van der Waals surface area contributed by atoms with Crippen LogP contribution in [0.2, 0.25) is 0 Å². The van der Waals surface area contributed by atoms with Crippen LogP contribution in [0.4, 0.5) is 0 Å². The van der Waals surface area contributed by atoms with Crippen LogP contribution in [-0.2, 0) is 0 Å². The summed E-state index contributed by atoms with van der Waals surface area (Å²) in [5, 5.41) is 0. The summed E-state index contributed by atoms with van der Waals surface area (Å²) in [5.41, 5.74) is 6.71. The molecule has 1 nitrogen and oxygen atoms in total. The van der Waals surface area contributed by atoms with Crippen molar-refractivity contribution in [3.8, 4) is 0 Å². The maximum absolute atomic E-state index is 5.98. The monoisotopic (exact) mass is 169 g/mol. The van der Waals surface area contributed by atoms with Crippen LogP contribution in [0.1, 0.15) is 59.3 Å². The van der Waals surface area contributed by atoms with Gasteiger partial charge in [-0.3, -0.25) is 0 Å². The molecule has 1 saturated carbocycles. The number of nitrogens with two attached hydrogens (primary N) is 1. The van der Waals surface area contributed by atoms with Crippen LogP contribution < -0.4 is 5.73 Å². The minimum Gasteiger partial charge on any atom is -0.326 e. The van der Waals surface area contributed by atoms with Gasteiger partial charge < -0.3 is 5.73 Å². The van der Waals surface area contributed by atoms with Gasteiger partial charge in [-0.2, -0.15) is 0 Å². The highest BCUT2D eigenvalue weighted by atomic mass is 14.7. The Hall–Kier alpha value is -0.0400. The van der Waals surface area contributed by atoms with Crippen molar-refractivity contribution in [2.45, 2.75) is 64.8 Å². The van der Waals surface area contributed by atoms with E-state index in [0.29, 0.717) is 5.41 Å². The average molecular weight is 169 g/mol. The van der Waals surface area contributed by atoms with Crippen molar-refractivity contribution >= 4 is 0 Å². The van der Waals surface area contributed by atoms with Gasteiger partial charge >= 0.3 is 0 Å². The lowest BCUT2D eigenvalue weighted by molar-refractivity contribution is 0.102. The van der Waals surface area contributed by atoms with Gasteiger partial charge in [-0.25, -0.2) is 0 Å². The van der Waals surface area contributed by atoms with E-state index in [4.69, 9.17) is 5.73 Å². The first-order valence-electron chi connectivity index (χ1n) is 5.26. The molecule has 0 bridgehead atoms. The highest BCUT2D eigenvalue weighted by Gasteiger charge is 2.35. The lowest BCUT2D eigenvalue weighted by Crippen LogP contribution is -2.36. The molecule has 1 aliphatic rings. The van der Waals surface area contributed by atoms with Gasteiger partial charge in [-0.15, -0.1) is 0 Å². The molecule has 2 N–H and O–H groups in total. The van der Waals surface area contributed by atoms with Gasteiger partial charge in [-0.05, 0) is 44.9 Å². The molecule has 0 radical (unpaired) electrons.